The average Bonchev–Trinajstić information content (AvgIpc) is 3.11. The van der Waals surface area contributed by atoms with Gasteiger partial charge in [0, 0.05) is 48.4 Å². The zero-order chi connectivity index (χ0) is 35.6. The number of carbonyl (C=O) groups is 5. The average molecular weight is 683 g/mol. The first kappa shape index (κ1) is 37.8. The van der Waals surface area contributed by atoms with E-state index in [9.17, 15) is 29.1 Å². The molecule has 3 aliphatic heterocycles. The van der Waals surface area contributed by atoms with Gasteiger partial charge in [-0.25, -0.2) is 4.79 Å². The topological polar surface area (TPSA) is 154 Å². The standard InChI is InChI=1S/C40H50N4O6/c45-36-14-12-10-8-6-4-2-1-3-5-7-9-11-13-15-37(46)44-35-22-18-30(19-23-35)28-42-39(48)32-24-31(25-33(26-32)40(49)50)38(47)41-27-29-16-20-34(43-36)21-17-29/h16-26H,1-15,27-28H2,(H,41,47)(H,42,48)(H,43,45)(H,44,46)(H,49,50). The molecule has 0 aliphatic carbocycles. The highest BCUT2D eigenvalue weighted by atomic mass is 16.4. The van der Waals surface area contributed by atoms with Crippen molar-refractivity contribution in [3.8, 4) is 0 Å². The van der Waals surface area contributed by atoms with Crippen LogP contribution in [0.5, 0.6) is 0 Å². The van der Waals surface area contributed by atoms with Gasteiger partial charge in [-0.05, 0) is 66.4 Å². The van der Waals surface area contributed by atoms with Crippen LogP contribution < -0.4 is 21.3 Å². The molecule has 0 saturated heterocycles. The van der Waals surface area contributed by atoms with E-state index in [-0.39, 0.29) is 41.6 Å². The van der Waals surface area contributed by atoms with Gasteiger partial charge in [0.1, 0.15) is 0 Å². The van der Waals surface area contributed by atoms with Crippen molar-refractivity contribution in [1.29, 1.82) is 0 Å². The molecule has 50 heavy (non-hydrogen) atoms. The highest BCUT2D eigenvalue weighted by Crippen LogP contribution is 2.17. The molecule has 0 atom stereocenters. The fourth-order valence-corrected chi connectivity index (χ4v) is 5.96. The van der Waals surface area contributed by atoms with Gasteiger partial charge in [0.25, 0.3) is 11.8 Å². The van der Waals surface area contributed by atoms with E-state index in [1.165, 1.54) is 63.1 Å². The van der Waals surface area contributed by atoms with E-state index < -0.39 is 17.8 Å². The number of carboxylic acid groups (broad SMARTS) is 1. The smallest absolute Gasteiger partial charge is 0.335 e. The number of anilines is 2. The Kier molecular flexibility index (Phi) is 15.5. The zero-order valence-corrected chi connectivity index (χ0v) is 28.9. The lowest BCUT2D eigenvalue weighted by molar-refractivity contribution is -0.117. The third-order valence-electron chi connectivity index (χ3n) is 8.89. The molecule has 4 amide bonds. The van der Waals surface area contributed by atoms with Gasteiger partial charge in [0.05, 0.1) is 5.56 Å². The maximum atomic E-state index is 13.0. The Hall–Kier alpha value is -4.99. The largest absolute Gasteiger partial charge is 0.478 e. The van der Waals surface area contributed by atoms with Crippen LogP contribution in [0.15, 0.2) is 66.7 Å². The molecular formula is C40H50N4O6. The van der Waals surface area contributed by atoms with Gasteiger partial charge in [-0.3, -0.25) is 19.2 Å². The number of aromatic carboxylic acids is 1. The number of carbonyl (C=O) groups excluding carboxylic acids is 4. The quantitative estimate of drug-likeness (QED) is 0.175. The minimum atomic E-state index is -1.26. The first-order valence-corrected chi connectivity index (χ1v) is 18.0. The van der Waals surface area contributed by atoms with E-state index in [4.69, 9.17) is 0 Å². The third-order valence-corrected chi connectivity index (χ3v) is 8.89. The van der Waals surface area contributed by atoms with E-state index >= 15 is 0 Å². The molecule has 3 heterocycles. The monoisotopic (exact) mass is 682 g/mol. The summed E-state index contributed by atoms with van der Waals surface area (Å²) in [6.07, 6.45) is 15.7. The van der Waals surface area contributed by atoms with Crippen LogP contribution >= 0.6 is 0 Å². The fourth-order valence-electron chi connectivity index (χ4n) is 5.96. The number of benzene rings is 3. The summed E-state index contributed by atoms with van der Waals surface area (Å²) in [6, 6.07) is 18.2. The molecule has 0 unspecified atom stereocenters. The lowest BCUT2D eigenvalue weighted by Gasteiger charge is -2.11. The summed E-state index contributed by atoms with van der Waals surface area (Å²) in [7, 11) is 0. The van der Waals surface area contributed by atoms with Crippen LogP contribution in [-0.2, 0) is 22.7 Å². The molecule has 3 aromatic rings. The van der Waals surface area contributed by atoms with Gasteiger partial charge < -0.3 is 26.4 Å². The van der Waals surface area contributed by atoms with E-state index in [1.807, 2.05) is 0 Å². The maximum Gasteiger partial charge on any atom is 0.335 e. The van der Waals surface area contributed by atoms with Crippen molar-refractivity contribution in [1.82, 2.24) is 10.6 Å². The molecule has 3 aromatic carbocycles. The summed E-state index contributed by atoms with van der Waals surface area (Å²) in [6.45, 7) is 0.338. The Bertz CT molecular complexity index is 1480. The van der Waals surface area contributed by atoms with Crippen molar-refractivity contribution in [3.05, 3.63) is 94.5 Å². The van der Waals surface area contributed by atoms with E-state index in [0.29, 0.717) is 24.2 Å². The van der Waals surface area contributed by atoms with Gasteiger partial charge in [0.2, 0.25) is 11.8 Å². The van der Waals surface area contributed by atoms with Crippen LogP contribution in [0.1, 0.15) is 139 Å². The molecule has 0 fully saturated rings. The van der Waals surface area contributed by atoms with Crippen molar-refractivity contribution in [3.63, 3.8) is 0 Å². The lowest BCUT2D eigenvalue weighted by atomic mass is 10.0. The van der Waals surface area contributed by atoms with Crippen LogP contribution in [0, 0.1) is 0 Å². The summed E-state index contributed by atoms with van der Waals surface area (Å²) < 4.78 is 0. The number of hydrogen-bond acceptors (Lipinski definition) is 5. The molecule has 0 aromatic heterocycles. The summed E-state index contributed by atoms with van der Waals surface area (Å²) in [5.74, 6) is -2.35. The molecular weight excluding hydrogens is 632 g/mol. The Morgan fingerprint density at radius 3 is 1.16 bits per heavy atom. The van der Waals surface area contributed by atoms with Crippen LogP contribution in [0.25, 0.3) is 0 Å². The number of rotatable bonds is 1. The van der Waals surface area contributed by atoms with E-state index in [2.05, 4.69) is 21.3 Å². The molecule has 6 bridgehead atoms. The van der Waals surface area contributed by atoms with Gasteiger partial charge in [-0.2, -0.15) is 0 Å². The van der Waals surface area contributed by atoms with Crippen molar-refractivity contribution in [2.75, 3.05) is 10.6 Å². The predicted molar refractivity (Wildman–Crippen MR) is 195 cm³/mol. The molecule has 10 nitrogen and oxygen atoms in total. The zero-order valence-electron chi connectivity index (χ0n) is 28.9. The Balaban J connectivity index is 1.37. The van der Waals surface area contributed by atoms with E-state index in [1.54, 1.807) is 48.5 Å². The molecule has 0 spiro atoms. The van der Waals surface area contributed by atoms with Crippen LogP contribution in [-0.4, -0.2) is 34.7 Å². The van der Waals surface area contributed by atoms with Crippen LogP contribution in [0.2, 0.25) is 0 Å². The summed E-state index contributed by atoms with van der Waals surface area (Å²) in [5, 5.41) is 21.1. The van der Waals surface area contributed by atoms with Crippen molar-refractivity contribution in [2.24, 2.45) is 0 Å². The highest BCUT2D eigenvalue weighted by molar-refractivity contribution is 6.03. The molecule has 266 valence electrons. The number of nitrogens with one attached hydrogen (secondary N) is 4. The predicted octanol–water partition coefficient (Wildman–Crippen LogP) is 7.99. The summed E-state index contributed by atoms with van der Waals surface area (Å²) in [5.41, 5.74) is 2.85. The normalized spacial score (nSPS) is 17.2. The summed E-state index contributed by atoms with van der Waals surface area (Å²) >= 11 is 0. The fraction of sp³-hybridized carbons (Fsp3) is 0.425. The van der Waals surface area contributed by atoms with Crippen molar-refractivity contribution < 1.29 is 29.1 Å². The molecule has 6 rings (SSSR count). The van der Waals surface area contributed by atoms with Gasteiger partial charge in [0.15, 0.2) is 0 Å². The second-order valence-corrected chi connectivity index (χ2v) is 13.1. The molecule has 5 N–H and O–H groups in total. The Morgan fingerprint density at radius 2 is 0.820 bits per heavy atom. The maximum absolute atomic E-state index is 13.0. The molecule has 0 radical (unpaired) electrons. The number of carboxylic acids is 1. The Morgan fingerprint density at radius 1 is 0.480 bits per heavy atom. The first-order chi connectivity index (χ1) is 24.3. The molecule has 3 aliphatic rings. The minimum absolute atomic E-state index is 0.0198. The minimum Gasteiger partial charge on any atom is -0.478 e. The first-order valence-electron chi connectivity index (χ1n) is 18.0. The van der Waals surface area contributed by atoms with Crippen molar-refractivity contribution in [2.45, 2.75) is 109 Å². The van der Waals surface area contributed by atoms with Gasteiger partial charge in [-0.1, -0.05) is 94.9 Å². The number of amides is 4. The highest BCUT2D eigenvalue weighted by Gasteiger charge is 2.16. The third kappa shape index (κ3) is 13.5. The van der Waals surface area contributed by atoms with E-state index in [0.717, 1.165) is 49.7 Å². The van der Waals surface area contributed by atoms with Gasteiger partial charge >= 0.3 is 5.97 Å². The number of fused-ring (bicyclic) bond motifs is 2. The van der Waals surface area contributed by atoms with Gasteiger partial charge in [-0.15, -0.1) is 0 Å². The molecule has 0 saturated carbocycles. The second-order valence-electron chi connectivity index (χ2n) is 13.1. The SMILES string of the molecule is O=C1CCCCCCCCCCCCCCCC(=O)Nc2ccc(cc2)CNC(=O)c2cc(C(=O)O)cc(c2)C(=O)NCc2ccc(cc2)N1. The van der Waals surface area contributed by atoms with Crippen LogP contribution in [0.4, 0.5) is 11.4 Å². The van der Waals surface area contributed by atoms with Crippen molar-refractivity contribution >= 4 is 41.0 Å². The summed E-state index contributed by atoms with van der Waals surface area (Å²) in [4.78, 5) is 62.7. The lowest BCUT2D eigenvalue weighted by Crippen LogP contribution is -2.26. The second kappa shape index (κ2) is 20.5. The van der Waals surface area contributed by atoms with Crippen LogP contribution in [0.3, 0.4) is 0 Å². The molecule has 10 heteroatoms. The number of hydrogen-bond donors (Lipinski definition) is 5. The Labute approximate surface area is 294 Å².